The summed E-state index contributed by atoms with van der Waals surface area (Å²) in [6.07, 6.45) is 4.48. The lowest BCUT2D eigenvalue weighted by Gasteiger charge is -2.21. The number of hydrogen-bond donors (Lipinski definition) is 0. The standard InChI is InChI=1S/C10H19ClO2/c11-5-1-2-6-13-9-10-3-7-12-8-4-10/h10H,1-9H2. The zero-order chi connectivity index (χ0) is 9.36. The van der Waals surface area contributed by atoms with E-state index in [1.165, 1.54) is 0 Å². The van der Waals surface area contributed by atoms with Crippen LogP contribution >= 0.6 is 11.6 Å². The van der Waals surface area contributed by atoms with Gasteiger partial charge < -0.3 is 9.47 Å². The van der Waals surface area contributed by atoms with Crippen molar-refractivity contribution >= 4 is 11.6 Å². The Balaban J connectivity index is 1.86. The minimum Gasteiger partial charge on any atom is -0.381 e. The quantitative estimate of drug-likeness (QED) is 0.491. The summed E-state index contributed by atoms with van der Waals surface area (Å²) in [5.41, 5.74) is 0. The van der Waals surface area contributed by atoms with E-state index >= 15 is 0 Å². The average molecular weight is 207 g/mol. The van der Waals surface area contributed by atoms with Crippen LogP contribution < -0.4 is 0 Å². The maximum absolute atomic E-state index is 5.56. The minimum atomic E-state index is 0.727. The molecule has 1 fully saturated rings. The van der Waals surface area contributed by atoms with Crippen molar-refractivity contribution in [2.24, 2.45) is 5.92 Å². The number of ether oxygens (including phenoxy) is 2. The monoisotopic (exact) mass is 206 g/mol. The predicted octanol–water partition coefficient (Wildman–Crippen LogP) is 2.45. The Labute approximate surface area is 85.5 Å². The molecule has 1 heterocycles. The van der Waals surface area contributed by atoms with Gasteiger partial charge in [-0.05, 0) is 31.6 Å². The molecule has 0 radical (unpaired) electrons. The first-order valence-electron chi connectivity index (χ1n) is 5.15. The number of halogens is 1. The molecule has 0 N–H and O–H groups in total. The lowest BCUT2D eigenvalue weighted by Crippen LogP contribution is -2.20. The Bertz CT molecular complexity index is 113. The van der Waals surface area contributed by atoms with Gasteiger partial charge in [-0.2, -0.15) is 0 Å². The van der Waals surface area contributed by atoms with Gasteiger partial charge in [0.15, 0.2) is 0 Å². The molecular formula is C10H19ClO2. The van der Waals surface area contributed by atoms with Crippen LogP contribution in [0, 0.1) is 5.92 Å². The van der Waals surface area contributed by atoms with Gasteiger partial charge in [-0.15, -0.1) is 11.6 Å². The summed E-state index contributed by atoms with van der Waals surface area (Å²) >= 11 is 5.56. The number of hydrogen-bond acceptors (Lipinski definition) is 2. The third kappa shape index (κ3) is 5.50. The van der Waals surface area contributed by atoms with Crippen LogP contribution in [-0.2, 0) is 9.47 Å². The fraction of sp³-hybridized carbons (Fsp3) is 1.00. The van der Waals surface area contributed by atoms with E-state index in [0.717, 1.165) is 63.9 Å². The van der Waals surface area contributed by atoms with Gasteiger partial charge in [0, 0.05) is 32.3 Å². The average Bonchev–Trinajstić information content (AvgIpc) is 2.19. The van der Waals surface area contributed by atoms with Gasteiger partial charge >= 0.3 is 0 Å². The Kier molecular flexibility index (Phi) is 6.60. The second-order valence-corrected chi connectivity index (χ2v) is 3.90. The SMILES string of the molecule is ClCCCCOCC1CCOCC1. The molecule has 1 aliphatic rings. The first-order valence-corrected chi connectivity index (χ1v) is 5.68. The van der Waals surface area contributed by atoms with E-state index in [1.54, 1.807) is 0 Å². The topological polar surface area (TPSA) is 18.5 Å². The van der Waals surface area contributed by atoms with Crippen LogP contribution in [-0.4, -0.2) is 32.3 Å². The zero-order valence-electron chi connectivity index (χ0n) is 8.14. The summed E-state index contributed by atoms with van der Waals surface area (Å²) in [6, 6.07) is 0. The van der Waals surface area contributed by atoms with Gasteiger partial charge in [-0.3, -0.25) is 0 Å². The molecule has 0 bridgehead atoms. The Morgan fingerprint density at radius 1 is 1.23 bits per heavy atom. The molecule has 0 unspecified atom stereocenters. The molecule has 0 saturated carbocycles. The van der Waals surface area contributed by atoms with Crippen molar-refractivity contribution in [1.29, 1.82) is 0 Å². The normalized spacial score (nSPS) is 19.2. The van der Waals surface area contributed by atoms with Gasteiger partial charge in [-0.25, -0.2) is 0 Å². The molecule has 0 spiro atoms. The Hall–Kier alpha value is 0.210. The van der Waals surface area contributed by atoms with Crippen LogP contribution in [0.25, 0.3) is 0 Å². The molecule has 0 aromatic rings. The van der Waals surface area contributed by atoms with Crippen LogP contribution in [0.5, 0.6) is 0 Å². The molecule has 3 heteroatoms. The molecule has 0 aromatic carbocycles. The highest BCUT2D eigenvalue weighted by Crippen LogP contribution is 2.14. The second kappa shape index (κ2) is 7.60. The van der Waals surface area contributed by atoms with E-state index < -0.39 is 0 Å². The van der Waals surface area contributed by atoms with E-state index in [1.807, 2.05) is 0 Å². The van der Waals surface area contributed by atoms with E-state index in [4.69, 9.17) is 21.1 Å². The lowest BCUT2D eigenvalue weighted by atomic mass is 10.0. The molecule has 1 rings (SSSR count). The van der Waals surface area contributed by atoms with E-state index in [2.05, 4.69) is 0 Å². The molecular weight excluding hydrogens is 188 g/mol. The Morgan fingerprint density at radius 3 is 2.69 bits per heavy atom. The van der Waals surface area contributed by atoms with E-state index in [-0.39, 0.29) is 0 Å². The van der Waals surface area contributed by atoms with Crippen LogP contribution in [0.4, 0.5) is 0 Å². The van der Waals surface area contributed by atoms with Crippen molar-refractivity contribution in [3.63, 3.8) is 0 Å². The van der Waals surface area contributed by atoms with Crippen molar-refractivity contribution in [3.05, 3.63) is 0 Å². The molecule has 0 aromatic heterocycles. The zero-order valence-corrected chi connectivity index (χ0v) is 8.89. The predicted molar refractivity (Wildman–Crippen MR) is 54.3 cm³/mol. The van der Waals surface area contributed by atoms with Gasteiger partial charge in [-0.1, -0.05) is 0 Å². The maximum Gasteiger partial charge on any atom is 0.0495 e. The molecule has 0 amide bonds. The van der Waals surface area contributed by atoms with Crippen molar-refractivity contribution < 1.29 is 9.47 Å². The van der Waals surface area contributed by atoms with Gasteiger partial charge in [0.2, 0.25) is 0 Å². The summed E-state index contributed by atoms with van der Waals surface area (Å²) < 4.78 is 10.8. The first kappa shape index (κ1) is 11.3. The van der Waals surface area contributed by atoms with Crippen molar-refractivity contribution in [3.8, 4) is 0 Å². The maximum atomic E-state index is 5.56. The third-order valence-corrected chi connectivity index (χ3v) is 2.63. The second-order valence-electron chi connectivity index (χ2n) is 3.53. The van der Waals surface area contributed by atoms with E-state index in [0.29, 0.717) is 0 Å². The molecule has 0 atom stereocenters. The number of alkyl halides is 1. The minimum absolute atomic E-state index is 0.727. The summed E-state index contributed by atoms with van der Waals surface area (Å²) in [5.74, 6) is 1.48. The summed E-state index contributed by atoms with van der Waals surface area (Å²) in [5, 5.41) is 0. The molecule has 1 aliphatic heterocycles. The van der Waals surface area contributed by atoms with Gasteiger partial charge in [0.05, 0.1) is 0 Å². The van der Waals surface area contributed by atoms with Crippen molar-refractivity contribution in [2.45, 2.75) is 25.7 Å². The lowest BCUT2D eigenvalue weighted by molar-refractivity contribution is 0.0201. The largest absolute Gasteiger partial charge is 0.381 e. The van der Waals surface area contributed by atoms with Gasteiger partial charge in [0.25, 0.3) is 0 Å². The highest BCUT2D eigenvalue weighted by molar-refractivity contribution is 6.17. The third-order valence-electron chi connectivity index (χ3n) is 2.37. The highest BCUT2D eigenvalue weighted by Gasteiger charge is 2.13. The van der Waals surface area contributed by atoms with Crippen LogP contribution in [0.15, 0.2) is 0 Å². The van der Waals surface area contributed by atoms with Crippen LogP contribution in [0.3, 0.4) is 0 Å². The smallest absolute Gasteiger partial charge is 0.0495 e. The summed E-state index contributed by atoms with van der Waals surface area (Å²) in [4.78, 5) is 0. The Morgan fingerprint density at radius 2 is 2.00 bits per heavy atom. The first-order chi connectivity index (χ1) is 6.43. The molecule has 0 aliphatic carbocycles. The highest BCUT2D eigenvalue weighted by atomic mass is 35.5. The molecule has 78 valence electrons. The van der Waals surface area contributed by atoms with E-state index in [9.17, 15) is 0 Å². The van der Waals surface area contributed by atoms with Gasteiger partial charge in [0.1, 0.15) is 0 Å². The van der Waals surface area contributed by atoms with Crippen molar-refractivity contribution in [2.75, 3.05) is 32.3 Å². The van der Waals surface area contributed by atoms with Crippen LogP contribution in [0.1, 0.15) is 25.7 Å². The summed E-state index contributed by atoms with van der Waals surface area (Å²) in [6.45, 7) is 3.60. The molecule has 1 saturated heterocycles. The van der Waals surface area contributed by atoms with Crippen LogP contribution in [0.2, 0.25) is 0 Å². The number of rotatable bonds is 6. The molecule has 13 heavy (non-hydrogen) atoms. The fourth-order valence-corrected chi connectivity index (χ4v) is 1.65. The molecule has 2 nitrogen and oxygen atoms in total. The number of unbranched alkanes of at least 4 members (excludes halogenated alkanes) is 1. The van der Waals surface area contributed by atoms with Crippen molar-refractivity contribution in [1.82, 2.24) is 0 Å². The summed E-state index contributed by atoms with van der Waals surface area (Å²) in [7, 11) is 0. The fourth-order valence-electron chi connectivity index (χ4n) is 1.46.